The van der Waals surface area contributed by atoms with Gasteiger partial charge < -0.3 is 0 Å². The zero-order valence-electron chi connectivity index (χ0n) is 10.1. The molecule has 0 aliphatic heterocycles. The lowest BCUT2D eigenvalue weighted by atomic mass is 9.97. The van der Waals surface area contributed by atoms with E-state index in [1.807, 2.05) is 12.1 Å². The Bertz CT molecular complexity index is 580. The molecule has 0 fully saturated rings. The van der Waals surface area contributed by atoms with E-state index in [4.69, 9.17) is 5.26 Å². The van der Waals surface area contributed by atoms with E-state index in [9.17, 15) is 0 Å². The van der Waals surface area contributed by atoms with Crippen LogP contribution in [0.3, 0.4) is 0 Å². The molecule has 1 heterocycles. The molecule has 0 saturated heterocycles. The van der Waals surface area contributed by atoms with Gasteiger partial charge in [0.1, 0.15) is 0 Å². The predicted octanol–water partition coefficient (Wildman–Crippen LogP) is 3.49. The molecule has 2 aromatic rings. The zero-order chi connectivity index (χ0) is 12.3. The molecule has 1 aromatic heterocycles. The average Bonchev–Trinajstić information content (AvgIpc) is 2.38. The Kier molecular flexibility index (Phi) is 3.20. The van der Waals surface area contributed by atoms with E-state index in [0.717, 1.165) is 17.7 Å². The normalized spacial score (nSPS) is 9.94. The molecule has 84 valence electrons. The lowest BCUT2D eigenvalue weighted by molar-refractivity contribution is 1.10. The van der Waals surface area contributed by atoms with Crippen LogP contribution in [0.15, 0.2) is 36.5 Å². The fourth-order valence-electron chi connectivity index (χ4n) is 2.06. The molecule has 0 spiro atoms. The van der Waals surface area contributed by atoms with E-state index < -0.39 is 0 Å². The van der Waals surface area contributed by atoms with E-state index in [-0.39, 0.29) is 0 Å². The molecule has 1 aromatic carbocycles. The van der Waals surface area contributed by atoms with Crippen LogP contribution in [0.25, 0.3) is 11.3 Å². The molecule has 2 nitrogen and oxygen atoms in total. The molecule has 0 unspecified atom stereocenters. The number of nitrogens with zero attached hydrogens (tertiary/aromatic N) is 2. The summed E-state index contributed by atoms with van der Waals surface area (Å²) < 4.78 is 0. The first-order valence-corrected chi connectivity index (χ1v) is 5.71. The van der Waals surface area contributed by atoms with Crippen molar-refractivity contribution in [3.05, 3.63) is 53.2 Å². The smallest absolute Gasteiger partial charge is 0.0992 e. The third-order valence-electron chi connectivity index (χ3n) is 2.93. The van der Waals surface area contributed by atoms with Gasteiger partial charge in [0.25, 0.3) is 0 Å². The lowest BCUT2D eigenvalue weighted by Gasteiger charge is -2.10. The number of pyridine rings is 1. The summed E-state index contributed by atoms with van der Waals surface area (Å²) in [7, 11) is 0. The number of benzene rings is 1. The van der Waals surface area contributed by atoms with Crippen LogP contribution in [-0.4, -0.2) is 4.98 Å². The van der Waals surface area contributed by atoms with Gasteiger partial charge >= 0.3 is 0 Å². The highest BCUT2D eigenvalue weighted by Gasteiger charge is 2.07. The molecule has 0 N–H and O–H groups in total. The Labute approximate surface area is 102 Å². The third kappa shape index (κ3) is 2.19. The number of aromatic nitrogens is 1. The molecule has 0 radical (unpaired) electrons. The predicted molar refractivity (Wildman–Crippen MR) is 68.5 cm³/mol. The third-order valence-corrected chi connectivity index (χ3v) is 2.93. The largest absolute Gasteiger partial charge is 0.256 e. The molecule has 17 heavy (non-hydrogen) atoms. The van der Waals surface area contributed by atoms with E-state index in [0.29, 0.717) is 5.56 Å². The molecular formula is C15H14N2. The summed E-state index contributed by atoms with van der Waals surface area (Å²) >= 11 is 0. The van der Waals surface area contributed by atoms with Crippen molar-refractivity contribution in [1.82, 2.24) is 4.98 Å². The SMILES string of the molecule is CCc1c(C)cccc1-c1cc(C#N)ccn1. The molecule has 2 rings (SSSR count). The molecule has 0 saturated carbocycles. The van der Waals surface area contributed by atoms with Crippen LogP contribution in [0, 0.1) is 18.3 Å². The summed E-state index contributed by atoms with van der Waals surface area (Å²) in [6.45, 7) is 4.25. The molecule has 0 bridgehead atoms. The van der Waals surface area contributed by atoms with Gasteiger partial charge in [-0.25, -0.2) is 0 Å². The highest BCUT2D eigenvalue weighted by molar-refractivity contribution is 5.66. The zero-order valence-corrected chi connectivity index (χ0v) is 10.1. The molecule has 2 heteroatoms. The fourth-order valence-corrected chi connectivity index (χ4v) is 2.06. The minimum absolute atomic E-state index is 0.651. The summed E-state index contributed by atoms with van der Waals surface area (Å²) in [6.07, 6.45) is 2.66. The van der Waals surface area contributed by atoms with Gasteiger partial charge in [-0.05, 0) is 36.6 Å². The Hall–Kier alpha value is -2.14. The summed E-state index contributed by atoms with van der Waals surface area (Å²) in [5.74, 6) is 0. The Morgan fingerprint density at radius 1 is 1.29 bits per heavy atom. The van der Waals surface area contributed by atoms with Crippen LogP contribution >= 0.6 is 0 Å². The minimum Gasteiger partial charge on any atom is -0.256 e. The lowest BCUT2D eigenvalue weighted by Crippen LogP contribution is -1.93. The number of rotatable bonds is 2. The van der Waals surface area contributed by atoms with Crippen molar-refractivity contribution >= 4 is 0 Å². The number of aryl methyl sites for hydroxylation is 1. The van der Waals surface area contributed by atoms with Crippen LogP contribution in [0.5, 0.6) is 0 Å². The van der Waals surface area contributed by atoms with Crippen molar-refractivity contribution in [2.45, 2.75) is 20.3 Å². The van der Waals surface area contributed by atoms with Gasteiger partial charge in [-0.3, -0.25) is 4.98 Å². The molecule has 0 atom stereocenters. The minimum atomic E-state index is 0.651. The van der Waals surface area contributed by atoms with Crippen LogP contribution < -0.4 is 0 Å². The topological polar surface area (TPSA) is 36.7 Å². The standard InChI is InChI=1S/C15H14N2/c1-3-13-11(2)5-4-6-14(13)15-9-12(10-16)7-8-17-15/h4-9H,3H2,1-2H3. The quantitative estimate of drug-likeness (QED) is 0.779. The van der Waals surface area contributed by atoms with E-state index in [1.54, 1.807) is 12.3 Å². The maximum Gasteiger partial charge on any atom is 0.0992 e. The van der Waals surface area contributed by atoms with Crippen LogP contribution in [0.2, 0.25) is 0 Å². The van der Waals surface area contributed by atoms with E-state index in [1.165, 1.54) is 11.1 Å². The maximum absolute atomic E-state index is 8.91. The van der Waals surface area contributed by atoms with Crippen molar-refractivity contribution in [3.63, 3.8) is 0 Å². The summed E-state index contributed by atoms with van der Waals surface area (Å²) in [6, 6.07) is 11.9. The Balaban J connectivity index is 2.60. The summed E-state index contributed by atoms with van der Waals surface area (Å²) in [5.41, 5.74) is 5.23. The van der Waals surface area contributed by atoms with Crippen molar-refractivity contribution < 1.29 is 0 Å². The van der Waals surface area contributed by atoms with Crippen molar-refractivity contribution in [3.8, 4) is 17.3 Å². The fraction of sp³-hybridized carbons (Fsp3) is 0.200. The Morgan fingerprint density at radius 2 is 2.12 bits per heavy atom. The van der Waals surface area contributed by atoms with Crippen LogP contribution in [0.1, 0.15) is 23.6 Å². The van der Waals surface area contributed by atoms with Gasteiger partial charge in [-0.2, -0.15) is 5.26 Å². The molecule has 0 amide bonds. The van der Waals surface area contributed by atoms with Gasteiger partial charge in [0, 0.05) is 11.8 Å². The first-order chi connectivity index (χ1) is 8.26. The van der Waals surface area contributed by atoms with Gasteiger partial charge in [0.05, 0.1) is 17.3 Å². The van der Waals surface area contributed by atoms with Crippen molar-refractivity contribution in [1.29, 1.82) is 5.26 Å². The summed E-state index contributed by atoms with van der Waals surface area (Å²) in [5, 5.41) is 8.91. The van der Waals surface area contributed by atoms with E-state index >= 15 is 0 Å². The van der Waals surface area contributed by atoms with Crippen LogP contribution in [-0.2, 0) is 6.42 Å². The van der Waals surface area contributed by atoms with Crippen LogP contribution in [0.4, 0.5) is 0 Å². The highest BCUT2D eigenvalue weighted by atomic mass is 14.7. The number of hydrogen-bond donors (Lipinski definition) is 0. The van der Waals surface area contributed by atoms with Gasteiger partial charge in [0.2, 0.25) is 0 Å². The first-order valence-electron chi connectivity index (χ1n) is 5.71. The number of nitriles is 1. The summed E-state index contributed by atoms with van der Waals surface area (Å²) in [4.78, 5) is 4.36. The van der Waals surface area contributed by atoms with Crippen molar-refractivity contribution in [2.24, 2.45) is 0 Å². The first kappa shape index (κ1) is 11.3. The van der Waals surface area contributed by atoms with Crippen molar-refractivity contribution in [2.75, 3.05) is 0 Å². The average molecular weight is 222 g/mol. The highest BCUT2D eigenvalue weighted by Crippen LogP contribution is 2.25. The number of hydrogen-bond acceptors (Lipinski definition) is 2. The Morgan fingerprint density at radius 3 is 2.82 bits per heavy atom. The molecular weight excluding hydrogens is 208 g/mol. The monoisotopic (exact) mass is 222 g/mol. The molecule has 0 aliphatic carbocycles. The van der Waals surface area contributed by atoms with E-state index in [2.05, 4.69) is 37.0 Å². The van der Waals surface area contributed by atoms with Gasteiger partial charge in [-0.1, -0.05) is 25.1 Å². The van der Waals surface area contributed by atoms with Gasteiger partial charge in [0.15, 0.2) is 0 Å². The maximum atomic E-state index is 8.91. The second-order valence-corrected chi connectivity index (χ2v) is 4.00. The second kappa shape index (κ2) is 4.80. The molecule has 0 aliphatic rings. The van der Waals surface area contributed by atoms with Gasteiger partial charge in [-0.15, -0.1) is 0 Å². The second-order valence-electron chi connectivity index (χ2n) is 4.00.